The largest absolute Gasteiger partial charge is 0.396 e. The predicted octanol–water partition coefficient (Wildman–Crippen LogP) is 2.23. The Bertz CT molecular complexity index is 547. The van der Waals surface area contributed by atoms with Crippen molar-refractivity contribution in [3.05, 3.63) is 29.6 Å². The third-order valence-corrected chi connectivity index (χ3v) is 3.47. The van der Waals surface area contributed by atoms with E-state index in [1.54, 1.807) is 13.0 Å². The normalized spacial score (nSPS) is 12.1. The Kier molecular flexibility index (Phi) is 7.68. The summed E-state index contributed by atoms with van der Waals surface area (Å²) in [5.41, 5.74) is 0.704. The van der Waals surface area contributed by atoms with Gasteiger partial charge in [-0.1, -0.05) is 19.9 Å². The van der Waals surface area contributed by atoms with E-state index < -0.39 is 17.6 Å². The Labute approximate surface area is 136 Å². The zero-order valence-corrected chi connectivity index (χ0v) is 13.9. The third kappa shape index (κ3) is 6.78. The van der Waals surface area contributed by atoms with Crippen LogP contribution in [0.4, 0.5) is 10.1 Å². The lowest BCUT2D eigenvalue weighted by molar-refractivity contribution is -0.136. The number of benzene rings is 1. The minimum Gasteiger partial charge on any atom is -0.396 e. The van der Waals surface area contributed by atoms with Crippen molar-refractivity contribution in [2.24, 2.45) is 11.8 Å². The van der Waals surface area contributed by atoms with Gasteiger partial charge < -0.3 is 15.7 Å². The first kappa shape index (κ1) is 19.1. The lowest BCUT2D eigenvalue weighted by atomic mass is 9.94. The summed E-state index contributed by atoms with van der Waals surface area (Å²) in [4.78, 5) is 23.6. The van der Waals surface area contributed by atoms with Gasteiger partial charge in [-0.05, 0) is 49.3 Å². The second-order valence-corrected chi connectivity index (χ2v) is 6.16. The molecule has 2 amide bonds. The molecule has 5 nitrogen and oxygen atoms in total. The number of halogens is 1. The lowest BCUT2D eigenvalue weighted by Gasteiger charge is -2.18. The van der Waals surface area contributed by atoms with E-state index >= 15 is 0 Å². The highest BCUT2D eigenvalue weighted by atomic mass is 19.1. The lowest BCUT2D eigenvalue weighted by Crippen LogP contribution is -2.38. The van der Waals surface area contributed by atoms with Crippen LogP contribution in [0, 0.1) is 24.6 Å². The van der Waals surface area contributed by atoms with Crippen LogP contribution in [-0.2, 0) is 9.59 Å². The molecule has 23 heavy (non-hydrogen) atoms. The van der Waals surface area contributed by atoms with E-state index in [9.17, 15) is 14.0 Å². The first-order valence-electron chi connectivity index (χ1n) is 7.79. The summed E-state index contributed by atoms with van der Waals surface area (Å²) >= 11 is 0. The van der Waals surface area contributed by atoms with Crippen LogP contribution in [-0.4, -0.2) is 30.1 Å². The summed E-state index contributed by atoms with van der Waals surface area (Å²) in [5.74, 6) is -1.76. The topological polar surface area (TPSA) is 78.4 Å². The van der Waals surface area contributed by atoms with Gasteiger partial charge in [0.2, 0.25) is 0 Å². The fourth-order valence-electron chi connectivity index (χ4n) is 2.37. The first-order chi connectivity index (χ1) is 10.8. The molecule has 0 heterocycles. The Morgan fingerprint density at radius 1 is 1.26 bits per heavy atom. The van der Waals surface area contributed by atoms with Gasteiger partial charge in [-0.3, -0.25) is 9.59 Å². The van der Waals surface area contributed by atoms with Gasteiger partial charge in [-0.25, -0.2) is 4.39 Å². The third-order valence-electron chi connectivity index (χ3n) is 3.47. The predicted molar refractivity (Wildman–Crippen MR) is 87.4 cm³/mol. The number of aliphatic hydroxyl groups excluding tert-OH is 1. The molecule has 6 heteroatoms. The smallest absolute Gasteiger partial charge is 0.313 e. The van der Waals surface area contributed by atoms with Gasteiger partial charge in [0, 0.05) is 13.2 Å². The number of hydrogen-bond acceptors (Lipinski definition) is 3. The molecule has 1 aromatic rings. The van der Waals surface area contributed by atoms with E-state index in [2.05, 4.69) is 24.5 Å². The molecule has 0 aliphatic heterocycles. The van der Waals surface area contributed by atoms with Crippen molar-refractivity contribution in [3.8, 4) is 0 Å². The number of carbonyl (C=O) groups is 2. The SMILES string of the molecule is Cc1ccc(NC(=O)C(=O)NCC(CCO)CC(C)C)c(F)c1. The monoisotopic (exact) mass is 324 g/mol. The molecule has 0 bridgehead atoms. The zero-order valence-electron chi connectivity index (χ0n) is 13.9. The van der Waals surface area contributed by atoms with Crippen LogP contribution in [0.1, 0.15) is 32.3 Å². The van der Waals surface area contributed by atoms with Crippen LogP contribution in [0.2, 0.25) is 0 Å². The highest BCUT2D eigenvalue weighted by molar-refractivity contribution is 6.39. The number of anilines is 1. The summed E-state index contributed by atoms with van der Waals surface area (Å²) in [5, 5.41) is 13.8. The fourth-order valence-corrected chi connectivity index (χ4v) is 2.37. The van der Waals surface area contributed by atoms with Crippen molar-refractivity contribution in [1.82, 2.24) is 5.32 Å². The van der Waals surface area contributed by atoms with E-state index in [-0.39, 0.29) is 18.2 Å². The van der Waals surface area contributed by atoms with Gasteiger partial charge in [0.05, 0.1) is 5.69 Å². The molecular weight excluding hydrogens is 299 g/mol. The van der Waals surface area contributed by atoms with E-state index in [0.717, 1.165) is 12.0 Å². The van der Waals surface area contributed by atoms with Crippen molar-refractivity contribution < 1.29 is 19.1 Å². The number of amides is 2. The number of nitrogens with one attached hydrogen (secondary N) is 2. The molecular formula is C17H25FN2O3. The molecule has 0 aliphatic rings. The van der Waals surface area contributed by atoms with Crippen molar-refractivity contribution in [2.75, 3.05) is 18.5 Å². The van der Waals surface area contributed by atoms with Gasteiger partial charge in [0.25, 0.3) is 0 Å². The van der Waals surface area contributed by atoms with Crippen molar-refractivity contribution in [3.63, 3.8) is 0 Å². The highest BCUT2D eigenvalue weighted by Gasteiger charge is 2.18. The fraction of sp³-hybridized carbons (Fsp3) is 0.529. The van der Waals surface area contributed by atoms with Gasteiger partial charge >= 0.3 is 11.8 Å². The van der Waals surface area contributed by atoms with Gasteiger partial charge in [0.15, 0.2) is 0 Å². The second kappa shape index (κ2) is 9.25. The molecule has 3 N–H and O–H groups in total. The average Bonchev–Trinajstić information content (AvgIpc) is 2.47. The maximum atomic E-state index is 13.7. The molecule has 0 aliphatic carbocycles. The summed E-state index contributed by atoms with van der Waals surface area (Å²) in [6, 6.07) is 4.35. The molecule has 0 spiro atoms. The van der Waals surface area contributed by atoms with Crippen LogP contribution >= 0.6 is 0 Å². The Morgan fingerprint density at radius 2 is 1.96 bits per heavy atom. The number of aryl methyl sites for hydroxylation is 1. The van der Waals surface area contributed by atoms with Crippen LogP contribution in [0.3, 0.4) is 0 Å². The first-order valence-corrected chi connectivity index (χ1v) is 7.79. The average molecular weight is 324 g/mol. The number of carbonyl (C=O) groups excluding carboxylic acids is 2. The quantitative estimate of drug-likeness (QED) is 0.673. The van der Waals surface area contributed by atoms with Crippen molar-refractivity contribution in [2.45, 2.75) is 33.6 Å². The standard InChI is InChI=1S/C17H25FN2O3/c1-11(2)8-13(6-7-21)10-19-16(22)17(23)20-15-5-4-12(3)9-14(15)18/h4-5,9,11,13,21H,6-8,10H2,1-3H3,(H,19,22)(H,20,23). The Balaban J connectivity index is 2.54. The van der Waals surface area contributed by atoms with E-state index in [1.807, 2.05) is 0 Å². The minimum atomic E-state index is -0.903. The number of hydrogen-bond donors (Lipinski definition) is 3. The van der Waals surface area contributed by atoms with Crippen LogP contribution in [0.25, 0.3) is 0 Å². The van der Waals surface area contributed by atoms with Crippen LogP contribution in [0.15, 0.2) is 18.2 Å². The molecule has 0 saturated carbocycles. The molecule has 1 aromatic carbocycles. The van der Waals surface area contributed by atoms with Crippen LogP contribution < -0.4 is 10.6 Å². The van der Waals surface area contributed by atoms with Crippen LogP contribution in [0.5, 0.6) is 0 Å². The molecule has 0 radical (unpaired) electrons. The van der Waals surface area contributed by atoms with Crippen molar-refractivity contribution in [1.29, 1.82) is 0 Å². The van der Waals surface area contributed by atoms with E-state index in [0.29, 0.717) is 18.9 Å². The maximum Gasteiger partial charge on any atom is 0.313 e. The Hall–Kier alpha value is -1.95. The molecule has 1 rings (SSSR count). The van der Waals surface area contributed by atoms with Gasteiger partial charge in [0.1, 0.15) is 5.82 Å². The molecule has 0 saturated heterocycles. The zero-order chi connectivity index (χ0) is 17.4. The molecule has 0 fully saturated rings. The number of rotatable bonds is 7. The summed E-state index contributed by atoms with van der Waals surface area (Å²) in [7, 11) is 0. The molecule has 1 unspecified atom stereocenters. The van der Waals surface area contributed by atoms with Gasteiger partial charge in [-0.15, -0.1) is 0 Å². The van der Waals surface area contributed by atoms with E-state index in [4.69, 9.17) is 5.11 Å². The molecule has 0 aromatic heterocycles. The summed E-state index contributed by atoms with van der Waals surface area (Å²) < 4.78 is 13.7. The maximum absolute atomic E-state index is 13.7. The second-order valence-electron chi connectivity index (χ2n) is 6.16. The molecule has 1 atom stereocenters. The van der Waals surface area contributed by atoms with E-state index in [1.165, 1.54) is 12.1 Å². The van der Waals surface area contributed by atoms with Crippen molar-refractivity contribution >= 4 is 17.5 Å². The summed E-state index contributed by atoms with van der Waals surface area (Å²) in [6.07, 6.45) is 1.40. The van der Waals surface area contributed by atoms with Gasteiger partial charge in [-0.2, -0.15) is 0 Å². The Morgan fingerprint density at radius 3 is 2.52 bits per heavy atom. The number of aliphatic hydroxyl groups is 1. The molecule has 128 valence electrons. The summed E-state index contributed by atoms with van der Waals surface area (Å²) in [6.45, 7) is 6.19. The minimum absolute atomic E-state index is 0.0233. The highest BCUT2D eigenvalue weighted by Crippen LogP contribution is 2.16.